The summed E-state index contributed by atoms with van der Waals surface area (Å²) in [6, 6.07) is 15.4. The highest BCUT2D eigenvalue weighted by atomic mass is 19.1. The third-order valence-corrected chi connectivity index (χ3v) is 2.70. The Balaban J connectivity index is 2.44. The van der Waals surface area contributed by atoms with Gasteiger partial charge in [0, 0.05) is 12.5 Å². The topological polar surface area (TPSA) is 29.1 Å². The minimum atomic E-state index is -0.454. The molecule has 92 valence electrons. The molecule has 0 saturated carbocycles. The lowest BCUT2D eigenvalue weighted by Crippen LogP contribution is -2.27. The molecule has 0 heterocycles. The number of halogens is 1. The number of nitrogens with one attached hydrogen (secondary N) is 1. The first-order valence-corrected chi connectivity index (χ1v) is 5.75. The molecule has 0 spiro atoms. The zero-order valence-corrected chi connectivity index (χ0v) is 10.1. The fraction of sp³-hybridized carbons (Fsp3) is 0.133. The number of hydrogen-bond acceptors (Lipinski definition) is 1. The van der Waals surface area contributed by atoms with Gasteiger partial charge in [0.1, 0.15) is 5.82 Å². The van der Waals surface area contributed by atoms with Crippen LogP contribution >= 0.6 is 0 Å². The SMILES string of the molecule is CC(=O)NC(c1ccccc1)c1ccccc1F. The van der Waals surface area contributed by atoms with E-state index in [1.165, 1.54) is 13.0 Å². The van der Waals surface area contributed by atoms with Crippen molar-refractivity contribution in [1.29, 1.82) is 0 Å². The molecule has 2 nitrogen and oxygen atoms in total. The third kappa shape index (κ3) is 2.74. The first-order chi connectivity index (χ1) is 8.68. The summed E-state index contributed by atoms with van der Waals surface area (Å²) in [6.07, 6.45) is 0. The lowest BCUT2D eigenvalue weighted by Gasteiger charge is -2.19. The summed E-state index contributed by atoms with van der Waals surface area (Å²) >= 11 is 0. The predicted octanol–water partition coefficient (Wildman–Crippen LogP) is 3.05. The highest BCUT2D eigenvalue weighted by Gasteiger charge is 2.17. The van der Waals surface area contributed by atoms with E-state index >= 15 is 0 Å². The molecule has 1 unspecified atom stereocenters. The fourth-order valence-electron chi connectivity index (χ4n) is 1.90. The smallest absolute Gasteiger partial charge is 0.217 e. The maximum atomic E-state index is 13.8. The van der Waals surface area contributed by atoms with E-state index in [4.69, 9.17) is 0 Å². The van der Waals surface area contributed by atoms with E-state index in [0.717, 1.165) is 5.56 Å². The van der Waals surface area contributed by atoms with E-state index in [2.05, 4.69) is 5.32 Å². The average Bonchev–Trinajstić information content (AvgIpc) is 2.38. The first kappa shape index (κ1) is 12.3. The Morgan fingerprint density at radius 1 is 1.06 bits per heavy atom. The van der Waals surface area contributed by atoms with Gasteiger partial charge in [-0.2, -0.15) is 0 Å². The fourth-order valence-corrected chi connectivity index (χ4v) is 1.90. The Bertz CT molecular complexity index is 539. The second-order valence-electron chi connectivity index (χ2n) is 4.07. The highest BCUT2D eigenvalue weighted by molar-refractivity contribution is 5.74. The average molecular weight is 243 g/mol. The Kier molecular flexibility index (Phi) is 3.72. The van der Waals surface area contributed by atoms with Crippen LogP contribution in [-0.4, -0.2) is 5.91 Å². The normalized spacial score (nSPS) is 11.9. The molecular weight excluding hydrogens is 229 g/mol. The minimum Gasteiger partial charge on any atom is -0.345 e. The molecule has 0 aromatic heterocycles. The van der Waals surface area contributed by atoms with Crippen LogP contribution in [0.3, 0.4) is 0 Å². The number of carbonyl (C=O) groups excluding carboxylic acids is 1. The van der Waals surface area contributed by atoms with Gasteiger partial charge in [0.25, 0.3) is 0 Å². The lowest BCUT2D eigenvalue weighted by atomic mass is 9.98. The van der Waals surface area contributed by atoms with Crippen molar-refractivity contribution in [3.8, 4) is 0 Å². The zero-order valence-electron chi connectivity index (χ0n) is 10.1. The molecule has 0 aliphatic carbocycles. The van der Waals surface area contributed by atoms with Gasteiger partial charge in [-0.3, -0.25) is 4.79 Å². The van der Waals surface area contributed by atoms with Crippen molar-refractivity contribution in [2.75, 3.05) is 0 Å². The summed E-state index contributed by atoms with van der Waals surface area (Å²) in [5, 5.41) is 2.77. The van der Waals surface area contributed by atoms with Crippen LogP contribution in [0.4, 0.5) is 4.39 Å². The van der Waals surface area contributed by atoms with Crippen LogP contribution in [0.15, 0.2) is 54.6 Å². The monoisotopic (exact) mass is 243 g/mol. The van der Waals surface area contributed by atoms with Gasteiger partial charge in [0.15, 0.2) is 0 Å². The van der Waals surface area contributed by atoms with Gasteiger partial charge in [0.05, 0.1) is 6.04 Å². The van der Waals surface area contributed by atoms with Crippen LogP contribution in [-0.2, 0) is 4.79 Å². The van der Waals surface area contributed by atoms with Crippen LogP contribution in [0.1, 0.15) is 24.1 Å². The minimum absolute atomic E-state index is 0.188. The third-order valence-electron chi connectivity index (χ3n) is 2.70. The van der Waals surface area contributed by atoms with Gasteiger partial charge < -0.3 is 5.32 Å². The molecule has 0 saturated heterocycles. The molecule has 0 radical (unpaired) electrons. The van der Waals surface area contributed by atoms with Crippen molar-refractivity contribution in [1.82, 2.24) is 5.32 Å². The first-order valence-electron chi connectivity index (χ1n) is 5.75. The van der Waals surface area contributed by atoms with Crippen molar-refractivity contribution in [3.05, 3.63) is 71.5 Å². The van der Waals surface area contributed by atoms with Gasteiger partial charge in [-0.1, -0.05) is 48.5 Å². The van der Waals surface area contributed by atoms with Crippen LogP contribution in [0.2, 0.25) is 0 Å². The van der Waals surface area contributed by atoms with Crippen LogP contribution in [0.5, 0.6) is 0 Å². The Hall–Kier alpha value is -2.16. The molecule has 18 heavy (non-hydrogen) atoms. The molecule has 3 heteroatoms. The molecule has 2 aromatic rings. The van der Waals surface area contributed by atoms with E-state index in [9.17, 15) is 9.18 Å². The Morgan fingerprint density at radius 2 is 1.67 bits per heavy atom. The van der Waals surface area contributed by atoms with E-state index in [1.54, 1.807) is 18.2 Å². The van der Waals surface area contributed by atoms with Crippen molar-refractivity contribution < 1.29 is 9.18 Å². The van der Waals surface area contributed by atoms with E-state index in [1.807, 2.05) is 30.3 Å². The van der Waals surface area contributed by atoms with Crippen molar-refractivity contribution in [2.24, 2.45) is 0 Å². The largest absolute Gasteiger partial charge is 0.345 e. The molecule has 0 fully saturated rings. The molecule has 0 aliphatic rings. The van der Waals surface area contributed by atoms with Crippen LogP contribution in [0, 0.1) is 5.82 Å². The van der Waals surface area contributed by atoms with Gasteiger partial charge in [0.2, 0.25) is 5.91 Å². The van der Waals surface area contributed by atoms with E-state index in [0.29, 0.717) is 5.56 Å². The molecule has 1 N–H and O–H groups in total. The van der Waals surface area contributed by atoms with Crippen molar-refractivity contribution >= 4 is 5.91 Å². The van der Waals surface area contributed by atoms with Crippen molar-refractivity contribution in [2.45, 2.75) is 13.0 Å². The van der Waals surface area contributed by atoms with Gasteiger partial charge in [-0.15, -0.1) is 0 Å². The number of rotatable bonds is 3. The Morgan fingerprint density at radius 3 is 2.28 bits per heavy atom. The summed E-state index contributed by atoms with van der Waals surface area (Å²) < 4.78 is 13.8. The maximum absolute atomic E-state index is 13.8. The quantitative estimate of drug-likeness (QED) is 0.882. The zero-order chi connectivity index (χ0) is 13.0. The summed E-state index contributed by atoms with van der Waals surface area (Å²) in [5.41, 5.74) is 1.33. The maximum Gasteiger partial charge on any atom is 0.217 e. The van der Waals surface area contributed by atoms with Crippen LogP contribution in [0.25, 0.3) is 0 Å². The van der Waals surface area contributed by atoms with E-state index < -0.39 is 6.04 Å². The number of amides is 1. The van der Waals surface area contributed by atoms with Gasteiger partial charge in [-0.25, -0.2) is 4.39 Å². The van der Waals surface area contributed by atoms with Crippen molar-refractivity contribution in [3.63, 3.8) is 0 Å². The summed E-state index contributed by atoms with van der Waals surface area (Å²) in [4.78, 5) is 11.3. The summed E-state index contributed by atoms with van der Waals surface area (Å²) in [5.74, 6) is -0.507. The van der Waals surface area contributed by atoms with E-state index in [-0.39, 0.29) is 11.7 Å². The molecule has 1 amide bonds. The second-order valence-corrected chi connectivity index (χ2v) is 4.07. The molecular formula is C15H14FNO. The predicted molar refractivity (Wildman–Crippen MR) is 68.5 cm³/mol. The van der Waals surface area contributed by atoms with Gasteiger partial charge >= 0.3 is 0 Å². The lowest BCUT2D eigenvalue weighted by molar-refractivity contribution is -0.119. The highest BCUT2D eigenvalue weighted by Crippen LogP contribution is 2.24. The molecule has 0 bridgehead atoms. The Labute approximate surface area is 105 Å². The summed E-state index contributed by atoms with van der Waals surface area (Å²) in [7, 11) is 0. The molecule has 2 rings (SSSR count). The summed E-state index contributed by atoms with van der Waals surface area (Å²) in [6.45, 7) is 1.43. The number of hydrogen-bond donors (Lipinski definition) is 1. The standard InChI is InChI=1S/C15H14FNO/c1-11(18)17-15(12-7-3-2-4-8-12)13-9-5-6-10-14(13)16/h2-10,15H,1H3,(H,17,18). The number of benzene rings is 2. The van der Waals surface area contributed by atoms with Gasteiger partial charge in [-0.05, 0) is 11.6 Å². The molecule has 1 atom stereocenters. The number of carbonyl (C=O) groups is 1. The molecule has 0 aliphatic heterocycles. The van der Waals surface area contributed by atoms with Crippen LogP contribution < -0.4 is 5.32 Å². The second kappa shape index (κ2) is 5.45. The molecule has 2 aromatic carbocycles.